The number of nitrogens with one attached hydrogen (secondary N) is 2. The number of hydrogen-bond acceptors (Lipinski definition) is 4. The Morgan fingerprint density at radius 3 is 2.43 bits per heavy atom. The van der Waals surface area contributed by atoms with Crippen molar-refractivity contribution in [2.75, 3.05) is 11.9 Å². The molecule has 1 aromatic rings. The zero-order valence-corrected chi connectivity index (χ0v) is 14.0. The maximum Gasteiger partial charge on any atom is 0.242 e. The molecule has 0 saturated heterocycles. The first-order chi connectivity index (χ1) is 10.0. The van der Waals surface area contributed by atoms with Crippen LogP contribution in [0.5, 0.6) is 0 Å². The fourth-order valence-electron chi connectivity index (χ4n) is 2.17. The van der Waals surface area contributed by atoms with Crippen molar-refractivity contribution in [1.82, 2.24) is 9.71 Å². The summed E-state index contributed by atoms with van der Waals surface area (Å²) < 4.78 is 27.6. The van der Waals surface area contributed by atoms with E-state index in [1.165, 1.54) is 6.20 Å². The van der Waals surface area contributed by atoms with E-state index in [0.717, 1.165) is 38.6 Å². The molecule has 6 heteroatoms. The van der Waals surface area contributed by atoms with E-state index in [-0.39, 0.29) is 10.9 Å². The van der Waals surface area contributed by atoms with Crippen LogP contribution in [0, 0.1) is 0 Å². The normalized spacial score (nSPS) is 13.1. The fraction of sp³-hybridized carbons (Fsp3) is 0.667. The molecule has 1 rings (SSSR count). The van der Waals surface area contributed by atoms with Gasteiger partial charge in [0.15, 0.2) is 0 Å². The van der Waals surface area contributed by atoms with Crippen molar-refractivity contribution in [3.63, 3.8) is 0 Å². The summed E-state index contributed by atoms with van der Waals surface area (Å²) in [7, 11) is -3.48. The van der Waals surface area contributed by atoms with Gasteiger partial charge in [0.25, 0.3) is 0 Å². The Labute approximate surface area is 128 Å². The average Bonchev–Trinajstić information content (AvgIpc) is 2.46. The lowest BCUT2D eigenvalue weighted by molar-refractivity contribution is 0.483. The molecule has 5 nitrogen and oxygen atoms in total. The molecular weight excluding hydrogens is 286 g/mol. The third-order valence-electron chi connectivity index (χ3n) is 3.27. The molecule has 2 N–H and O–H groups in total. The van der Waals surface area contributed by atoms with E-state index in [0.29, 0.717) is 5.82 Å². The largest absolute Gasteiger partial charge is 0.370 e. The summed E-state index contributed by atoms with van der Waals surface area (Å²) in [5, 5.41) is 3.05. The van der Waals surface area contributed by atoms with Gasteiger partial charge in [-0.15, -0.1) is 0 Å². The molecule has 0 aromatic carbocycles. The quantitative estimate of drug-likeness (QED) is 0.696. The number of unbranched alkanes of at least 4 members (excludes halogenated alkanes) is 1. The van der Waals surface area contributed by atoms with Crippen molar-refractivity contribution < 1.29 is 8.42 Å². The highest BCUT2D eigenvalue weighted by Gasteiger charge is 2.19. The summed E-state index contributed by atoms with van der Waals surface area (Å²) in [5.41, 5.74) is 0. The summed E-state index contributed by atoms with van der Waals surface area (Å²) in [6, 6.07) is 3.29. The topological polar surface area (TPSA) is 71.1 Å². The van der Waals surface area contributed by atoms with Gasteiger partial charge in [-0.2, -0.15) is 0 Å². The minimum absolute atomic E-state index is 0.00777. The van der Waals surface area contributed by atoms with Crippen LogP contribution >= 0.6 is 0 Å². The Balaban J connectivity index is 2.77. The Morgan fingerprint density at radius 1 is 1.14 bits per heavy atom. The maximum atomic E-state index is 12.4. The standard InChI is InChI=1S/C15H27N3O2S/c1-4-7-9-13(8-5-2)18-21(19,20)14-10-11-15(16-6-3)17-12-14/h10-13,18H,4-9H2,1-3H3,(H,16,17). The highest BCUT2D eigenvalue weighted by Crippen LogP contribution is 2.14. The van der Waals surface area contributed by atoms with E-state index in [1.807, 2.05) is 6.92 Å². The first-order valence-electron chi connectivity index (χ1n) is 7.75. The summed E-state index contributed by atoms with van der Waals surface area (Å²) in [6.07, 6.45) is 6.22. The molecule has 0 amide bonds. The van der Waals surface area contributed by atoms with Crippen molar-refractivity contribution in [3.8, 4) is 0 Å². The van der Waals surface area contributed by atoms with Gasteiger partial charge in [0.2, 0.25) is 10.0 Å². The molecule has 1 atom stereocenters. The SMILES string of the molecule is CCCCC(CCC)NS(=O)(=O)c1ccc(NCC)nc1. The van der Waals surface area contributed by atoms with Gasteiger partial charge in [-0.25, -0.2) is 18.1 Å². The van der Waals surface area contributed by atoms with Crippen LogP contribution in [0.4, 0.5) is 5.82 Å². The van der Waals surface area contributed by atoms with E-state index in [9.17, 15) is 8.42 Å². The molecule has 0 spiro atoms. The maximum absolute atomic E-state index is 12.4. The van der Waals surface area contributed by atoms with E-state index >= 15 is 0 Å². The van der Waals surface area contributed by atoms with Crippen molar-refractivity contribution in [3.05, 3.63) is 18.3 Å². The van der Waals surface area contributed by atoms with Crippen molar-refractivity contribution in [2.24, 2.45) is 0 Å². The Morgan fingerprint density at radius 2 is 1.90 bits per heavy atom. The molecule has 1 unspecified atom stereocenters. The summed E-state index contributed by atoms with van der Waals surface area (Å²) >= 11 is 0. The van der Waals surface area contributed by atoms with Crippen LogP contribution in [0.2, 0.25) is 0 Å². The predicted molar refractivity (Wildman–Crippen MR) is 86.9 cm³/mol. The summed E-state index contributed by atoms with van der Waals surface area (Å²) in [6.45, 7) is 6.91. The molecule has 0 aliphatic rings. The predicted octanol–water partition coefficient (Wildman–Crippen LogP) is 3.15. The van der Waals surface area contributed by atoms with Crippen molar-refractivity contribution in [1.29, 1.82) is 0 Å². The zero-order chi connectivity index (χ0) is 15.7. The lowest BCUT2D eigenvalue weighted by atomic mass is 10.1. The minimum atomic E-state index is -3.48. The molecule has 0 bridgehead atoms. The monoisotopic (exact) mass is 313 g/mol. The number of pyridine rings is 1. The number of rotatable bonds is 10. The number of aromatic nitrogens is 1. The van der Waals surface area contributed by atoms with Crippen LogP contribution in [0.25, 0.3) is 0 Å². The molecule has 0 radical (unpaired) electrons. The third kappa shape index (κ3) is 6.01. The number of sulfonamides is 1. The second-order valence-electron chi connectivity index (χ2n) is 5.16. The molecule has 120 valence electrons. The van der Waals surface area contributed by atoms with Crippen molar-refractivity contribution in [2.45, 2.75) is 63.8 Å². The first-order valence-corrected chi connectivity index (χ1v) is 9.24. The van der Waals surface area contributed by atoms with Crippen LogP contribution in [0.15, 0.2) is 23.2 Å². The number of hydrogen-bond donors (Lipinski definition) is 2. The van der Waals surface area contributed by atoms with Gasteiger partial charge in [-0.05, 0) is 31.9 Å². The molecule has 0 saturated carbocycles. The van der Waals surface area contributed by atoms with Crippen LogP contribution < -0.4 is 10.0 Å². The highest BCUT2D eigenvalue weighted by molar-refractivity contribution is 7.89. The van der Waals surface area contributed by atoms with Gasteiger partial charge in [0.05, 0.1) is 0 Å². The number of anilines is 1. The second kappa shape index (κ2) is 9.00. The molecule has 21 heavy (non-hydrogen) atoms. The molecule has 1 aromatic heterocycles. The first kappa shape index (κ1) is 17.9. The molecule has 0 aliphatic heterocycles. The van der Waals surface area contributed by atoms with Gasteiger partial charge >= 0.3 is 0 Å². The Hall–Kier alpha value is -1.14. The summed E-state index contributed by atoms with van der Waals surface area (Å²) in [5.74, 6) is 0.688. The van der Waals surface area contributed by atoms with E-state index in [1.54, 1.807) is 12.1 Å². The number of nitrogens with zero attached hydrogens (tertiary/aromatic N) is 1. The van der Waals surface area contributed by atoms with Gasteiger partial charge in [0.1, 0.15) is 10.7 Å². The fourth-order valence-corrected chi connectivity index (χ4v) is 3.42. The van der Waals surface area contributed by atoms with Crippen LogP contribution in [-0.4, -0.2) is 26.0 Å². The Bertz CT molecular complexity index is 500. The van der Waals surface area contributed by atoms with Crippen LogP contribution in [0.1, 0.15) is 52.9 Å². The van der Waals surface area contributed by atoms with Crippen LogP contribution in [-0.2, 0) is 10.0 Å². The Kier molecular flexibility index (Phi) is 7.67. The van der Waals surface area contributed by atoms with Crippen LogP contribution in [0.3, 0.4) is 0 Å². The van der Waals surface area contributed by atoms with E-state index in [4.69, 9.17) is 0 Å². The van der Waals surface area contributed by atoms with Gasteiger partial charge in [0, 0.05) is 18.8 Å². The smallest absolute Gasteiger partial charge is 0.242 e. The van der Waals surface area contributed by atoms with Gasteiger partial charge < -0.3 is 5.32 Å². The molecular formula is C15H27N3O2S. The highest BCUT2D eigenvalue weighted by atomic mass is 32.2. The molecule has 0 aliphatic carbocycles. The second-order valence-corrected chi connectivity index (χ2v) is 6.87. The van der Waals surface area contributed by atoms with E-state index < -0.39 is 10.0 Å². The molecule has 0 fully saturated rings. The third-order valence-corrected chi connectivity index (χ3v) is 4.78. The minimum Gasteiger partial charge on any atom is -0.370 e. The lowest BCUT2D eigenvalue weighted by Crippen LogP contribution is -2.34. The van der Waals surface area contributed by atoms with E-state index in [2.05, 4.69) is 28.9 Å². The van der Waals surface area contributed by atoms with Gasteiger partial charge in [-0.3, -0.25) is 0 Å². The van der Waals surface area contributed by atoms with Crippen molar-refractivity contribution >= 4 is 15.8 Å². The zero-order valence-electron chi connectivity index (χ0n) is 13.2. The average molecular weight is 313 g/mol. The lowest BCUT2D eigenvalue weighted by Gasteiger charge is -2.18. The van der Waals surface area contributed by atoms with Gasteiger partial charge in [-0.1, -0.05) is 33.1 Å². The molecule has 1 heterocycles. The summed E-state index contributed by atoms with van der Waals surface area (Å²) in [4.78, 5) is 4.34.